The molecule has 0 aromatic carbocycles. The van der Waals surface area contributed by atoms with Gasteiger partial charge in [-0.05, 0) is 26.7 Å². The van der Waals surface area contributed by atoms with Gasteiger partial charge in [0.1, 0.15) is 6.04 Å². The van der Waals surface area contributed by atoms with Crippen molar-refractivity contribution in [3.8, 4) is 0 Å². The Morgan fingerprint density at radius 3 is 2.12 bits per heavy atom. The van der Waals surface area contributed by atoms with Gasteiger partial charge in [-0.3, -0.25) is 4.79 Å². The number of methoxy groups -OCH3 is 1. The topological polar surface area (TPSA) is 67.4 Å². The molecular formula is C12H24N2O3. The molecule has 0 aliphatic rings. The van der Waals surface area contributed by atoms with Crippen molar-refractivity contribution in [2.45, 2.75) is 46.2 Å². The maximum Gasteiger partial charge on any atom is 0.328 e. The number of hydrogen-bond acceptors (Lipinski definition) is 4. The average molecular weight is 244 g/mol. The molecule has 0 aliphatic heterocycles. The van der Waals surface area contributed by atoms with Gasteiger partial charge in [-0.25, -0.2) is 4.79 Å². The van der Waals surface area contributed by atoms with Crippen LogP contribution in [0.15, 0.2) is 0 Å². The molecule has 0 aromatic heterocycles. The zero-order valence-corrected chi connectivity index (χ0v) is 11.6. The summed E-state index contributed by atoms with van der Waals surface area (Å²) in [6.07, 6.45) is 0. The third-order valence-electron chi connectivity index (χ3n) is 2.22. The van der Waals surface area contributed by atoms with Crippen LogP contribution >= 0.6 is 0 Å². The molecule has 5 heteroatoms. The highest BCUT2D eigenvalue weighted by Gasteiger charge is 2.25. The number of carbonyl (C=O) groups excluding carboxylic acids is 2. The number of nitrogens with one attached hydrogen (secondary N) is 2. The first-order valence-corrected chi connectivity index (χ1v) is 5.79. The molecule has 0 aliphatic carbocycles. The van der Waals surface area contributed by atoms with Gasteiger partial charge in [0.2, 0.25) is 5.91 Å². The van der Waals surface area contributed by atoms with E-state index in [0.29, 0.717) is 0 Å². The Morgan fingerprint density at radius 1 is 1.24 bits per heavy atom. The Kier molecular flexibility index (Phi) is 6.16. The molecule has 1 atom stereocenters. The molecule has 1 amide bonds. The molecule has 0 aromatic rings. The van der Waals surface area contributed by atoms with Crippen molar-refractivity contribution in [1.29, 1.82) is 0 Å². The van der Waals surface area contributed by atoms with Crippen LogP contribution in [-0.2, 0) is 14.3 Å². The van der Waals surface area contributed by atoms with E-state index in [1.54, 1.807) is 0 Å². The van der Waals surface area contributed by atoms with Crippen LogP contribution in [0.4, 0.5) is 0 Å². The summed E-state index contributed by atoms with van der Waals surface area (Å²) in [7, 11) is 1.32. The highest BCUT2D eigenvalue weighted by atomic mass is 16.5. The summed E-state index contributed by atoms with van der Waals surface area (Å²) < 4.78 is 4.65. The van der Waals surface area contributed by atoms with E-state index >= 15 is 0 Å². The highest BCUT2D eigenvalue weighted by Crippen LogP contribution is 2.03. The Labute approximate surface area is 103 Å². The van der Waals surface area contributed by atoms with E-state index in [1.165, 1.54) is 7.11 Å². The summed E-state index contributed by atoms with van der Waals surface area (Å²) in [5.41, 5.74) is -0.129. The van der Waals surface area contributed by atoms with Crippen LogP contribution in [0.2, 0.25) is 0 Å². The van der Waals surface area contributed by atoms with Crippen LogP contribution in [0.1, 0.15) is 34.6 Å². The smallest absolute Gasteiger partial charge is 0.328 e. The van der Waals surface area contributed by atoms with Crippen LogP contribution in [0.25, 0.3) is 0 Å². The van der Waals surface area contributed by atoms with Gasteiger partial charge in [-0.1, -0.05) is 13.8 Å². The van der Waals surface area contributed by atoms with Gasteiger partial charge in [0.15, 0.2) is 0 Å². The third kappa shape index (κ3) is 6.94. The third-order valence-corrected chi connectivity index (χ3v) is 2.22. The molecular weight excluding hydrogens is 220 g/mol. The van der Waals surface area contributed by atoms with E-state index in [1.807, 2.05) is 34.6 Å². The zero-order valence-electron chi connectivity index (χ0n) is 11.6. The SMILES string of the molecule is COC(=O)C(NC(=O)CNC(C)(C)C)C(C)C. The van der Waals surface area contributed by atoms with E-state index in [0.717, 1.165) is 0 Å². The zero-order chi connectivity index (χ0) is 13.6. The van der Waals surface area contributed by atoms with Gasteiger partial charge in [0, 0.05) is 5.54 Å². The summed E-state index contributed by atoms with van der Waals surface area (Å²) in [5.74, 6) is -0.617. The molecule has 0 spiro atoms. The van der Waals surface area contributed by atoms with Gasteiger partial charge in [0.05, 0.1) is 13.7 Å². The van der Waals surface area contributed by atoms with Crippen molar-refractivity contribution < 1.29 is 14.3 Å². The van der Waals surface area contributed by atoms with Gasteiger partial charge in [-0.15, -0.1) is 0 Å². The monoisotopic (exact) mass is 244 g/mol. The maximum atomic E-state index is 11.6. The highest BCUT2D eigenvalue weighted by molar-refractivity contribution is 5.85. The molecule has 2 N–H and O–H groups in total. The van der Waals surface area contributed by atoms with Crippen molar-refractivity contribution in [3.05, 3.63) is 0 Å². The summed E-state index contributed by atoms with van der Waals surface area (Å²) in [6.45, 7) is 9.82. The normalized spacial score (nSPS) is 13.4. The molecule has 5 nitrogen and oxygen atoms in total. The first-order chi connectivity index (χ1) is 7.67. The second kappa shape index (κ2) is 6.59. The average Bonchev–Trinajstić information content (AvgIpc) is 2.20. The van der Waals surface area contributed by atoms with Crippen LogP contribution < -0.4 is 10.6 Å². The first kappa shape index (κ1) is 15.9. The van der Waals surface area contributed by atoms with Crippen molar-refractivity contribution in [2.24, 2.45) is 5.92 Å². The molecule has 100 valence electrons. The fraction of sp³-hybridized carbons (Fsp3) is 0.833. The van der Waals surface area contributed by atoms with E-state index in [9.17, 15) is 9.59 Å². The minimum absolute atomic E-state index is 0.000960. The Hall–Kier alpha value is -1.10. The van der Waals surface area contributed by atoms with Crippen LogP contribution in [0.3, 0.4) is 0 Å². The minimum atomic E-state index is -0.589. The Bertz CT molecular complexity index is 269. The number of carbonyl (C=O) groups is 2. The van der Waals surface area contributed by atoms with Crippen molar-refractivity contribution in [3.63, 3.8) is 0 Å². The quantitative estimate of drug-likeness (QED) is 0.698. The summed E-state index contributed by atoms with van der Waals surface area (Å²) in [4.78, 5) is 23.1. The molecule has 17 heavy (non-hydrogen) atoms. The summed E-state index contributed by atoms with van der Waals surface area (Å²) in [5, 5.41) is 5.72. The molecule has 0 fully saturated rings. The van der Waals surface area contributed by atoms with Crippen LogP contribution in [0, 0.1) is 5.92 Å². The second-order valence-electron chi connectivity index (χ2n) is 5.42. The fourth-order valence-corrected chi connectivity index (χ4v) is 1.19. The number of amides is 1. The second-order valence-corrected chi connectivity index (χ2v) is 5.42. The van der Waals surface area contributed by atoms with Crippen molar-refractivity contribution in [1.82, 2.24) is 10.6 Å². The molecule has 0 radical (unpaired) electrons. The van der Waals surface area contributed by atoms with Crippen LogP contribution in [-0.4, -0.2) is 37.1 Å². The fourth-order valence-electron chi connectivity index (χ4n) is 1.19. The lowest BCUT2D eigenvalue weighted by molar-refractivity contribution is -0.146. The number of esters is 1. The molecule has 0 rings (SSSR count). The lowest BCUT2D eigenvalue weighted by Crippen LogP contribution is -2.50. The number of rotatable bonds is 5. The lowest BCUT2D eigenvalue weighted by atomic mass is 10.0. The summed E-state index contributed by atoms with van der Waals surface area (Å²) >= 11 is 0. The maximum absolute atomic E-state index is 11.6. The van der Waals surface area contributed by atoms with Gasteiger partial charge >= 0.3 is 5.97 Å². The lowest BCUT2D eigenvalue weighted by Gasteiger charge is -2.23. The Balaban J connectivity index is 4.28. The Morgan fingerprint density at radius 2 is 1.76 bits per heavy atom. The predicted molar refractivity (Wildman–Crippen MR) is 66.5 cm³/mol. The molecule has 0 bridgehead atoms. The first-order valence-electron chi connectivity index (χ1n) is 5.79. The van der Waals surface area contributed by atoms with Gasteiger partial charge in [0.25, 0.3) is 0 Å². The largest absolute Gasteiger partial charge is 0.467 e. The number of ether oxygens (including phenoxy) is 1. The van der Waals surface area contributed by atoms with E-state index in [4.69, 9.17) is 0 Å². The van der Waals surface area contributed by atoms with E-state index < -0.39 is 12.0 Å². The van der Waals surface area contributed by atoms with E-state index in [-0.39, 0.29) is 23.9 Å². The molecule has 0 saturated heterocycles. The molecule has 1 unspecified atom stereocenters. The minimum Gasteiger partial charge on any atom is -0.467 e. The van der Waals surface area contributed by atoms with E-state index in [2.05, 4.69) is 15.4 Å². The standard InChI is InChI=1S/C12H24N2O3/c1-8(2)10(11(16)17-6)14-9(15)7-13-12(3,4)5/h8,10,13H,7H2,1-6H3,(H,14,15). The predicted octanol–water partition coefficient (Wildman–Crippen LogP) is 0.688. The number of hydrogen-bond donors (Lipinski definition) is 2. The van der Waals surface area contributed by atoms with Crippen LogP contribution in [0.5, 0.6) is 0 Å². The molecule has 0 heterocycles. The molecule has 0 saturated carbocycles. The van der Waals surface area contributed by atoms with Crippen molar-refractivity contribution in [2.75, 3.05) is 13.7 Å². The summed E-state index contributed by atoms with van der Waals surface area (Å²) in [6, 6.07) is -0.589. The van der Waals surface area contributed by atoms with Crippen molar-refractivity contribution >= 4 is 11.9 Å². The van der Waals surface area contributed by atoms with Gasteiger partial charge < -0.3 is 15.4 Å². The van der Waals surface area contributed by atoms with Gasteiger partial charge in [-0.2, -0.15) is 0 Å².